The molecule has 0 unspecified atom stereocenters. The first-order chi connectivity index (χ1) is 6.68. The monoisotopic (exact) mass is 262 g/mol. The van der Waals surface area contributed by atoms with E-state index in [9.17, 15) is 4.79 Å². The molecule has 0 aliphatic heterocycles. The Balaban J connectivity index is 2.07. The summed E-state index contributed by atoms with van der Waals surface area (Å²) in [6, 6.07) is 3.67. The van der Waals surface area contributed by atoms with Gasteiger partial charge in [-0.25, -0.2) is 4.79 Å². The number of carbonyl (C=O) groups excluding carboxylic acids is 1. The highest BCUT2D eigenvalue weighted by Crippen LogP contribution is 2.13. The third kappa shape index (κ3) is 4.29. The Morgan fingerprint density at radius 1 is 1.64 bits per heavy atom. The van der Waals surface area contributed by atoms with E-state index in [0.29, 0.717) is 17.8 Å². The number of furan rings is 1. The van der Waals surface area contributed by atoms with E-state index in [1.54, 1.807) is 0 Å². The number of nitrogens with two attached hydrogens (primary N) is 1. The number of ether oxygens (including phenoxy) is 1. The maximum absolute atomic E-state index is 10.2. The second kappa shape index (κ2) is 5.66. The lowest BCUT2D eigenvalue weighted by Gasteiger charge is -2.02. The molecule has 0 saturated carbocycles. The van der Waals surface area contributed by atoms with Crippen LogP contribution in [0.5, 0.6) is 0 Å². The van der Waals surface area contributed by atoms with E-state index >= 15 is 0 Å². The van der Waals surface area contributed by atoms with Crippen LogP contribution in [0.2, 0.25) is 0 Å². The van der Waals surface area contributed by atoms with E-state index in [1.165, 1.54) is 0 Å². The Hall–Kier alpha value is -1.01. The lowest BCUT2D eigenvalue weighted by atomic mass is 10.4. The summed E-state index contributed by atoms with van der Waals surface area (Å²) in [7, 11) is 0. The van der Waals surface area contributed by atoms with Crippen molar-refractivity contribution in [1.82, 2.24) is 5.32 Å². The molecule has 0 aliphatic rings. The average molecular weight is 263 g/mol. The second-order valence-corrected chi connectivity index (χ2v) is 3.33. The first kappa shape index (κ1) is 11.1. The Morgan fingerprint density at radius 3 is 3.00 bits per heavy atom. The summed E-state index contributed by atoms with van der Waals surface area (Å²) in [6.45, 7) is 1.40. The SMILES string of the molecule is NC(=O)OCCNCc1ccc(Br)o1. The van der Waals surface area contributed by atoms with Gasteiger partial charge in [0.1, 0.15) is 12.4 Å². The van der Waals surface area contributed by atoms with Gasteiger partial charge in [-0.15, -0.1) is 0 Å². The zero-order valence-electron chi connectivity index (χ0n) is 7.46. The molecular formula is C8H11BrN2O3. The Bertz CT molecular complexity index is 301. The molecule has 0 aromatic carbocycles. The van der Waals surface area contributed by atoms with Crippen LogP contribution in [0.1, 0.15) is 5.76 Å². The minimum atomic E-state index is -0.757. The molecule has 1 aromatic rings. The van der Waals surface area contributed by atoms with Gasteiger partial charge in [0.05, 0.1) is 6.54 Å². The van der Waals surface area contributed by atoms with Gasteiger partial charge in [0.15, 0.2) is 4.67 Å². The van der Waals surface area contributed by atoms with E-state index < -0.39 is 6.09 Å². The Morgan fingerprint density at radius 2 is 2.43 bits per heavy atom. The smallest absolute Gasteiger partial charge is 0.404 e. The van der Waals surface area contributed by atoms with Crippen molar-refractivity contribution in [2.75, 3.05) is 13.2 Å². The molecule has 14 heavy (non-hydrogen) atoms. The lowest BCUT2D eigenvalue weighted by Crippen LogP contribution is -2.23. The minimum absolute atomic E-state index is 0.261. The van der Waals surface area contributed by atoms with Gasteiger partial charge in [-0.2, -0.15) is 0 Å². The van der Waals surface area contributed by atoms with Crippen LogP contribution in [-0.2, 0) is 11.3 Å². The van der Waals surface area contributed by atoms with Crippen molar-refractivity contribution in [3.05, 3.63) is 22.6 Å². The van der Waals surface area contributed by atoms with Gasteiger partial charge in [0, 0.05) is 6.54 Å². The van der Waals surface area contributed by atoms with Gasteiger partial charge in [-0.1, -0.05) is 0 Å². The second-order valence-electron chi connectivity index (χ2n) is 2.55. The summed E-state index contributed by atoms with van der Waals surface area (Å²) < 4.78 is 10.5. The molecule has 0 radical (unpaired) electrons. The molecule has 1 heterocycles. The van der Waals surface area contributed by atoms with Crippen LogP contribution in [0.4, 0.5) is 4.79 Å². The topological polar surface area (TPSA) is 77.5 Å². The zero-order chi connectivity index (χ0) is 10.4. The van der Waals surface area contributed by atoms with E-state index in [0.717, 1.165) is 5.76 Å². The van der Waals surface area contributed by atoms with Gasteiger partial charge in [0.25, 0.3) is 0 Å². The molecule has 1 aromatic heterocycles. The maximum Gasteiger partial charge on any atom is 0.404 e. The lowest BCUT2D eigenvalue weighted by molar-refractivity contribution is 0.157. The predicted octanol–water partition coefficient (Wildman–Crippen LogP) is 1.23. The highest BCUT2D eigenvalue weighted by molar-refractivity contribution is 9.10. The van der Waals surface area contributed by atoms with Crippen molar-refractivity contribution in [2.24, 2.45) is 5.73 Å². The molecule has 78 valence electrons. The number of primary amides is 1. The fraction of sp³-hybridized carbons (Fsp3) is 0.375. The van der Waals surface area contributed by atoms with Gasteiger partial charge in [-0.05, 0) is 28.1 Å². The van der Waals surface area contributed by atoms with Crippen LogP contribution in [0.15, 0.2) is 21.2 Å². The highest BCUT2D eigenvalue weighted by atomic mass is 79.9. The summed E-state index contributed by atoms with van der Waals surface area (Å²) in [5, 5.41) is 3.02. The molecule has 0 bridgehead atoms. The molecule has 1 amide bonds. The minimum Gasteiger partial charge on any atom is -0.453 e. The first-order valence-electron chi connectivity index (χ1n) is 4.05. The number of rotatable bonds is 5. The summed E-state index contributed by atoms with van der Waals surface area (Å²) >= 11 is 3.19. The fourth-order valence-corrected chi connectivity index (χ4v) is 1.22. The zero-order valence-corrected chi connectivity index (χ0v) is 9.04. The summed E-state index contributed by atoms with van der Waals surface area (Å²) in [4.78, 5) is 10.2. The fourth-order valence-electron chi connectivity index (χ4n) is 0.882. The van der Waals surface area contributed by atoms with Crippen molar-refractivity contribution >= 4 is 22.0 Å². The van der Waals surface area contributed by atoms with Crippen molar-refractivity contribution < 1.29 is 13.9 Å². The van der Waals surface area contributed by atoms with Crippen molar-refractivity contribution in [2.45, 2.75) is 6.54 Å². The van der Waals surface area contributed by atoms with E-state index in [1.807, 2.05) is 12.1 Å². The number of hydrogen-bond donors (Lipinski definition) is 2. The Labute approximate surface area is 89.7 Å². The molecule has 3 N–H and O–H groups in total. The third-order valence-corrected chi connectivity index (χ3v) is 1.88. The van der Waals surface area contributed by atoms with E-state index in [2.05, 4.69) is 26.0 Å². The van der Waals surface area contributed by atoms with Gasteiger partial charge >= 0.3 is 6.09 Å². The largest absolute Gasteiger partial charge is 0.453 e. The normalized spacial score (nSPS) is 10.1. The number of nitrogens with one attached hydrogen (secondary N) is 1. The molecule has 5 nitrogen and oxygen atoms in total. The molecule has 0 spiro atoms. The molecule has 0 aliphatic carbocycles. The van der Waals surface area contributed by atoms with Crippen LogP contribution in [0, 0.1) is 0 Å². The van der Waals surface area contributed by atoms with Crippen LogP contribution in [0.25, 0.3) is 0 Å². The van der Waals surface area contributed by atoms with Crippen LogP contribution in [-0.4, -0.2) is 19.2 Å². The average Bonchev–Trinajstić information content (AvgIpc) is 2.50. The standard InChI is InChI=1S/C8H11BrN2O3/c9-7-2-1-6(14-7)5-11-3-4-13-8(10)12/h1-2,11H,3-5H2,(H2,10,12). The van der Waals surface area contributed by atoms with Crippen LogP contribution in [0.3, 0.4) is 0 Å². The van der Waals surface area contributed by atoms with E-state index in [-0.39, 0.29) is 6.61 Å². The van der Waals surface area contributed by atoms with Gasteiger partial charge in [-0.3, -0.25) is 0 Å². The maximum atomic E-state index is 10.2. The number of amides is 1. The van der Waals surface area contributed by atoms with Crippen LogP contribution < -0.4 is 11.1 Å². The summed E-state index contributed by atoms with van der Waals surface area (Å²) in [5.74, 6) is 0.816. The summed E-state index contributed by atoms with van der Waals surface area (Å²) in [6.07, 6.45) is -0.757. The highest BCUT2D eigenvalue weighted by Gasteiger charge is 1.98. The number of carbonyl (C=O) groups is 1. The quantitative estimate of drug-likeness (QED) is 0.783. The molecule has 0 fully saturated rings. The molecule has 0 atom stereocenters. The molecular weight excluding hydrogens is 252 g/mol. The number of hydrogen-bond acceptors (Lipinski definition) is 4. The van der Waals surface area contributed by atoms with Crippen molar-refractivity contribution in [3.63, 3.8) is 0 Å². The predicted molar refractivity (Wildman–Crippen MR) is 53.7 cm³/mol. The molecule has 6 heteroatoms. The van der Waals surface area contributed by atoms with Crippen LogP contribution >= 0.6 is 15.9 Å². The first-order valence-corrected chi connectivity index (χ1v) is 4.85. The summed E-state index contributed by atoms with van der Waals surface area (Å²) in [5.41, 5.74) is 4.78. The molecule has 1 rings (SSSR count). The van der Waals surface area contributed by atoms with Crippen molar-refractivity contribution in [3.8, 4) is 0 Å². The van der Waals surface area contributed by atoms with Crippen molar-refractivity contribution in [1.29, 1.82) is 0 Å². The molecule has 0 saturated heterocycles. The Kier molecular flexibility index (Phi) is 4.48. The van der Waals surface area contributed by atoms with Gasteiger partial charge in [0.2, 0.25) is 0 Å². The third-order valence-electron chi connectivity index (χ3n) is 1.45. The van der Waals surface area contributed by atoms with E-state index in [4.69, 9.17) is 10.2 Å². The van der Waals surface area contributed by atoms with Gasteiger partial charge < -0.3 is 20.2 Å². The number of halogens is 1.